The van der Waals surface area contributed by atoms with Gasteiger partial charge in [0.25, 0.3) is 5.56 Å². The lowest BCUT2D eigenvalue weighted by Crippen LogP contribution is -2.24. The van der Waals surface area contributed by atoms with Crippen molar-refractivity contribution in [2.75, 3.05) is 7.11 Å². The van der Waals surface area contributed by atoms with Crippen molar-refractivity contribution in [1.82, 2.24) is 29.8 Å². The minimum absolute atomic E-state index is 0.0478. The maximum absolute atomic E-state index is 13.9. The van der Waals surface area contributed by atoms with Crippen LogP contribution in [0.1, 0.15) is 30.1 Å². The molecule has 1 saturated carbocycles. The number of hydrogen-bond donors (Lipinski definition) is 1. The van der Waals surface area contributed by atoms with Crippen molar-refractivity contribution < 1.29 is 9.84 Å². The largest absolute Gasteiger partial charge is 0.505 e. The molecule has 0 atom stereocenters. The Morgan fingerprint density at radius 3 is 2.79 bits per heavy atom. The second-order valence-electron chi connectivity index (χ2n) is 8.30. The highest BCUT2D eigenvalue weighted by atomic mass is 35.5. The molecule has 1 fully saturated rings. The topological polar surface area (TPSA) is 108 Å². The van der Waals surface area contributed by atoms with E-state index in [-0.39, 0.29) is 22.9 Å². The molecular formula is C23H19ClN6O3S. The number of thiophene rings is 1. The first kappa shape index (κ1) is 21.1. The molecule has 3 heterocycles. The number of nitrogens with zero attached hydrogens (tertiary/aromatic N) is 6. The van der Waals surface area contributed by atoms with E-state index in [1.807, 2.05) is 18.2 Å². The third kappa shape index (κ3) is 3.33. The number of aromatic hydroxyl groups is 1. The summed E-state index contributed by atoms with van der Waals surface area (Å²) in [6.45, 7) is 0.109. The number of aromatic nitrogens is 6. The number of ether oxygens (including phenoxy) is 1. The first-order valence-electron chi connectivity index (χ1n) is 10.7. The Balaban J connectivity index is 1.67. The number of fused-ring (bicyclic) bond motifs is 3. The molecule has 2 aromatic carbocycles. The number of phenols is 1. The highest BCUT2D eigenvalue weighted by molar-refractivity contribution is 7.25. The molecule has 5 aromatic rings. The maximum atomic E-state index is 13.9. The van der Waals surface area contributed by atoms with Gasteiger partial charge in [-0.1, -0.05) is 17.7 Å². The van der Waals surface area contributed by atoms with Gasteiger partial charge in [0.15, 0.2) is 11.6 Å². The van der Waals surface area contributed by atoms with Gasteiger partial charge in [-0.2, -0.15) is 4.80 Å². The summed E-state index contributed by atoms with van der Waals surface area (Å²) in [5, 5.41) is 24.1. The van der Waals surface area contributed by atoms with Gasteiger partial charge in [-0.05, 0) is 53.8 Å². The van der Waals surface area contributed by atoms with Gasteiger partial charge in [0.1, 0.15) is 16.4 Å². The maximum Gasteiger partial charge on any atom is 0.263 e. The fraction of sp³-hybridized carbons (Fsp3) is 0.261. The Kier molecular flexibility index (Phi) is 4.82. The number of hydrogen-bond acceptors (Lipinski definition) is 8. The van der Waals surface area contributed by atoms with E-state index < -0.39 is 0 Å². The van der Waals surface area contributed by atoms with Crippen LogP contribution in [0, 0.1) is 0 Å². The molecule has 0 bridgehead atoms. The molecule has 0 aliphatic heterocycles. The molecule has 172 valence electrons. The molecule has 1 aliphatic carbocycles. The van der Waals surface area contributed by atoms with Crippen molar-refractivity contribution in [3.63, 3.8) is 0 Å². The third-order valence-electron chi connectivity index (χ3n) is 6.05. The number of methoxy groups -OCH3 is 1. The predicted molar refractivity (Wildman–Crippen MR) is 130 cm³/mol. The summed E-state index contributed by atoms with van der Waals surface area (Å²) < 4.78 is 7.57. The van der Waals surface area contributed by atoms with Crippen molar-refractivity contribution >= 4 is 43.2 Å². The van der Waals surface area contributed by atoms with Crippen molar-refractivity contribution in [3.05, 3.63) is 57.1 Å². The van der Waals surface area contributed by atoms with E-state index >= 15 is 0 Å². The fourth-order valence-electron chi connectivity index (χ4n) is 4.27. The fourth-order valence-corrected chi connectivity index (χ4v) is 5.59. The van der Waals surface area contributed by atoms with Crippen LogP contribution in [0.25, 0.3) is 31.7 Å². The average Bonchev–Trinajstić information content (AvgIpc) is 3.50. The SMILES string of the molecule is COc1ccc(-c2nc3sc4c(O)c(Cl)ccc4c3c(=O)n2Cc2nnn(C)n2)c(C2CC2)c1. The highest BCUT2D eigenvalue weighted by Crippen LogP contribution is 2.46. The van der Waals surface area contributed by atoms with E-state index in [2.05, 4.69) is 15.4 Å². The average molecular weight is 495 g/mol. The van der Waals surface area contributed by atoms with Crippen molar-refractivity contribution in [1.29, 1.82) is 0 Å². The Bertz CT molecular complexity index is 1650. The van der Waals surface area contributed by atoms with E-state index in [1.54, 1.807) is 30.9 Å². The van der Waals surface area contributed by atoms with Gasteiger partial charge in [-0.3, -0.25) is 9.36 Å². The summed E-state index contributed by atoms with van der Waals surface area (Å²) >= 11 is 7.38. The quantitative estimate of drug-likeness (QED) is 0.392. The van der Waals surface area contributed by atoms with Crippen LogP contribution >= 0.6 is 22.9 Å². The first-order valence-corrected chi connectivity index (χ1v) is 11.9. The summed E-state index contributed by atoms with van der Waals surface area (Å²) in [6, 6.07) is 9.17. The molecular weight excluding hydrogens is 476 g/mol. The Hall–Kier alpha value is -3.50. The lowest BCUT2D eigenvalue weighted by Gasteiger charge is -2.15. The van der Waals surface area contributed by atoms with Gasteiger partial charge in [0.05, 0.1) is 35.8 Å². The van der Waals surface area contributed by atoms with E-state index in [9.17, 15) is 9.90 Å². The van der Waals surface area contributed by atoms with Gasteiger partial charge in [0, 0.05) is 10.9 Å². The lowest BCUT2D eigenvalue weighted by molar-refractivity contribution is 0.414. The number of rotatable bonds is 5. The van der Waals surface area contributed by atoms with E-state index in [0.717, 1.165) is 29.7 Å². The monoisotopic (exact) mass is 494 g/mol. The zero-order chi connectivity index (χ0) is 23.6. The molecule has 1 aliphatic rings. The normalized spacial score (nSPS) is 13.7. The van der Waals surface area contributed by atoms with Crippen LogP contribution in [-0.2, 0) is 13.6 Å². The molecule has 0 unspecified atom stereocenters. The number of phenolic OH excluding ortho intramolecular Hbond substituents is 1. The van der Waals surface area contributed by atoms with Gasteiger partial charge in [0.2, 0.25) is 0 Å². The van der Waals surface area contributed by atoms with Gasteiger partial charge >= 0.3 is 0 Å². The molecule has 9 nitrogen and oxygen atoms in total. The van der Waals surface area contributed by atoms with Crippen molar-refractivity contribution in [2.24, 2.45) is 7.05 Å². The molecule has 0 saturated heterocycles. The van der Waals surface area contributed by atoms with E-state index in [0.29, 0.717) is 37.9 Å². The zero-order valence-electron chi connectivity index (χ0n) is 18.3. The van der Waals surface area contributed by atoms with Crippen LogP contribution in [0.2, 0.25) is 5.02 Å². The van der Waals surface area contributed by atoms with Crippen LogP contribution < -0.4 is 10.3 Å². The third-order valence-corrected chi connectivity index (χ3v) is 7.46. The summed E-state index contributed by atoms with van der Waals surface area (Å²) in [5.41, 5.74) is 1.72. The van der Waals surface area contributed by atoms with Crippen LogP contribution in [0.15, 0.2) is 35.1 Å². The molecule has 0 amide bonds. The molecule has 3 aromatic heterocycles. The zero-order valence-corrected chi connectivity index (χ0v) is 19.9. The molecule has 1 N–H and O–H groups in total. The number of tetrazole rings is 1. The molecule has 6 rings (SSSR count). The van der Waals surface area contributed by atoms with Gasteiger partial charge in [-0.25, -0.2) is 4.98 Å². The van der Waals surface area contributed by atoms with Crippen molar-refractivity contribution in [2.45, 2.75) is 25.3 Å². The van der Waals surface area contributed by atoms with Crippen LogP contribution in [0.5, 0.6) is 11.5 Å². The second kappa shape index (κ2) is 7.78. The van der Waals surface area contributed by atoms with Crippen molar-refractivity contribution in [3.8, 4) is 22.9 Å². The Labute approximate surface area is 202 Å². The Morgan fingerprint density at radius 1 is 1.26 bits per heavy atom. The number of benzene rings is 2. The number of aryl methyl sites for hydroxylation is 1. The summed E-state index contributed by atoms with van der Waals surface area (Å²) in [5.74, 6) is 2.03. The second-order valence-corrected chi connectivity index (χ2v) is 9.71. The van der Waals surface area contributed by atoms with Crippen LogP contribution in [-0.4, -0.2) is 42.0 Å². The highest BCUT2D eigenvalue weighted by Gasteiger charge is 2.29. The minimum atomic E-state index is -0.238. The smallest absolute Gasteiger partial charge is 0.263 e. The van der Waals surface area contributed by atoms with E-state index in [4.69, 9.17) is 21.3 Å². The summed E-state index contributed by atoms with van der Waals surface area (Å²) in [4.78, 5) is 20.8. The number of halogens is 1. The molecule has 0 radical (unpaired) electrons. The first-order chi connectivity index (χ1) is 16.4. The molecule has 11 heteroatoms. The molecule has 34 heavy (non-hydrogen) atoms. The van der Waals surface area contributed by atoms with E-state index in [1.165, 1.54) is 16.1 Å². The minimum Gasteiger partial charge on any atom is -0.505 e. The van der Waals surface area contributed by atoms with Crippen LogP contribution in [0.4, 0.5) is 0 Å². The van der Waals surface area contributed by atoms with Gasteiger partial charge in [-0.15, -0.1) is 21.5 Å². The Morgan fingerprint density at radius 2 is 2.09 bits per heavy atom. The van der Waals surface area contributed by atoms with Gasteiger partial charge < -0.3 is 9.84 Å². The van der Waals surface area contributed by atoms with Crippen LogP contribution in [0.3, 0.4) is 0 Å². The summed E-state index contributed by atoms with van der Waals surface area (Å²) in [6.07, 6.45) is 2.15. The summed E-state index contributed by atoms with van der Waals surface area (Å²) in [7, 11) is 3.32. The predicted octanol–water partition coefficient (Wildman–Crippen LogP) is 4.10. The standard InChI is InChI=1S/C23H19ClN6O3S/c1-29-27-17(26-28-29)10-30-21(13-6-5-12(33-2)9-15(13)11-3-4-11)25-22-18(23(30)32)14-7-8-16(24)19(31)20(14)34-22/h5-9,11,31H,3-4,10H2,1-2H3. The lowest BCUT2D eigenvalue weighted by atomic mass is 10.0. The molecule has 0 spiro atoms.